The number of amides is 3. The number of benzene rings is 2. The van der Waals surface area contributed by atoms with Crippen molar-refractivity contribution in [2.75, 3.05) is 20.1 Å². The van der Waals surface area contributed by atoms with Crippen LogP contribution in [0.25, 0.3) is 11.5 Å². The van der Waals surface area contributed by atoms with E-state index < -0.39 is 5.92 Å². The van der Waals surface area contributed by atoms with Crippen LogP contribution in [0.15, 0.2) is 65.3 Å². The number of likely N-dealkylation sites (N-methyl/N-ethyl adjacent to an activating group) is 1. The zero-order valence-electron chi connectivity index (χ0n) is 19.1. The lowest BCUT2D eigenvalue weighted by molar-refractivity contribution is -0.131. The molecule has 0 bridgehead atoms. The Morgan fingerprint density at radius 1 is 0.971 bits per heavy atom. The van der Waals surface area contributed by atoms with Gasteiger partial charge in [-0.1, -0.05) is 42.5 Å². The molecular weight excluding hydrogens is 432 g/mol. The highest BCUT2D eigenvalue weighted by Crippen LogP contribution is 2.21. The van der Waals surface area contributed by atoms with Crippen LogP contribution in [0.5, 0.6) is 0 Å². The molecule has 4 rings (SSSR count). The van der Waals surface area contributed by atoms with Crippen LogP contribution in [0, 0.1) is 0 Å². The second-order valence-corrected chi connectivity index (χ2v) is 8.26. The smallest absolute Gasteiger partial charge is 0.275 e. The van der Waals surface area contributed by atoms with Crippen LogP contribution in [0.3, 0.4) is 0 Å². The molecule has 0 saturated carbocycles. The van der Waals surface area contributed by atoms with Gasteiger partial charge < -0.3 is 20.0 Å². The summed E-state index contributed by atoms with van der Waals surface area (Å²) in [5.74, 6) is -1.38. The zero-order valence-corrected chi connectivity index (χ0v) is 19.1. The van der Waals surface area contributed by atoms with Gasteiger partial charge >= 0.3 is 0 Å². The first-order chi connectivity index (χ1) is 16.6. The van der Waals surface area contributed by atoms with Crippen molar-refractivity contribution >= 4 is 17.7 Å². The van der Waals surface area contributed by atoms with Gasteiger partial charge in [-0.05, 0) is 42.5 Å². The van der Waals surface area contributed by atoms with Crippen LogP contribution >= 0.6 is 0 Å². The van der Waals surface area contributed by atoms with E-state index >= 15 is 0 Å². The maximum Gasteiger partial charge on any atom is 0.275 e. The summed E-state index contributed by atoms with van der Waals surface area (Å²) in [4.78, 5) is 43.9. The van der Waals surface area contributed by atoms with E-state index in [-0.39, 0.29) is 24.3 Å². The molecule has 1 aliphatic rings. The van der Waals surface area contributed by atoms with Crippen LogP contribution < -0.4 is 10.6 Å². The molecule has 8 nitrogen and oxygen atoms in total. The maximum atomic E-state index is 12.8. The minimum absolute atomic E-state index is 0.0990. The van der Waals surface area contributed by atoms with E-state index in [1.165, 1.54) is 13.3 Å². The third-order valence-corrected chi connectivity index (χ3v) is 5.94. The molecule has 1 unspecified atom stereocenters. The standard InChI is InChI=1S/C26H28N4O4/c1-27-23(31)22(19-8-4-2-5-9-19)24(32)28-16-18-10-12-20(13-11-18)25-29-21(17-34-25)26(33)30-14-6-3-7-15-30/h2,4-5,8-13,17,22H,3,6-7,14-16H2,1H3,(H,27,31)(H,28,32). The lowest BCUT2D eigenvalue weighted by atomic mass is 9.97. The fraction of sp³-hybridized carbons (Fsp3) is 0.308. The summed E-state index contributed by atoms with van der Waals surface area (Å²) in [7, 11) is 1.51. The van der Waals surface area contributed by atoms with Gasteiger partial charge in [0.2, 0.25) is 17.7 Å². The molecule has 8 heteroatoms. The van der Waals surface area contributed by atoms with Crippen LogP contribution in [0.4, 0.5) is 0 Å². The van der Waals surface area contributed by atoms with Crippen LogP contribution in [-0.2, 0) is 16.1 Å². The van der Waals surface area contributed by atoms with Gasteiger partial charge in [0, 0.05) is 32.2 Å². The summed E-state index contributed by atoms with van der Waals surface area (Å²) < 4.78 is 5.55. The van der Waals surface area contributed by atoms with Crippen molar-refractivity contribution in [1.82, 2.24) is 20.5 Å². The Bertz CT molecular complexity index is 1140. The first kappa shape index (κ1) is 23.2. The fourth-order valence-electron chi connectivity index (χ4n) is 4.03. The number of likely N-dealkylation sites (tertiary alicyclic amines) is 1. The average Bonchev–Trinajstić information content (AvgIpc) is 3.39. The summed E-state index contributed by atoms with van der Waals surface area (Å²) in [5.41, 5.74) is 2.54. The van der Waals surface area contributed by atoms with E-state index in [2.05, 4.69) is 15.6 Å². The van der Waals surface area contributed by atoms with Gasteiger partial charge in [0.15, 0.2) is 5.69 Å². The Morgan fingerprint density at radius 2 is 1.68 bits per heavy atom. The first-order valence-electron chi connectivity index (χ1n) is 11.4. The van der Waals surface area contributed by atoms with Gasteiger partial charge in [-0.25, -0.2) is 4.98 Å². The number of hydrogen-bond acceptors (Lipinski definition) is 5. The molecule has 1 aliphatic heterocycles. The average molecular weight is 461 g/mol. The molecule has 0 aliphatic carbocycles. The Kier molecular flexibility index (Phi) is 7.37. The minimum Gasteiger partial charge on any atom is -0.444 e. The van der Waals surface area contributed by atoms with Gasteiger partial charge in [-0.2, -0.15) is 0 Å². The molecule has 2 aromatic carbocycles. The number of rotatable bonds is 7. The van der Waals surface area contributed by atoms with Crippen molar-refractivity contribution < 1.29 is 18.8 Å². The largest absolute Gasteiger partial charge is 0.444 e. The minimum atomic E-state index is -0.923. The van der Waals surface area contributed by atoms with E-state index in [0.717, 1.165) is 43.5 Å². The Hall–Kier alpha value is -3.94. The molecule has 1 saturated heterocycles. The number of nitrogens with zero attached hydrogens (tertiary/aromatic N) is 2. The van der Waals surface area contributed by atoms with Crippen molar-refractivity contribution in [1.29, 1.82) is 0 Å². The molecule has 1 aromatic heterocycles. The predicted octanol–water partition coefficient (Wildman–Crippen LogP) is 3.11. The Balaban J connectivity index is 1.38. The summed E-state index contributed by atoms with van der Waals surface area (Å²) in [6.45, 7) is 1.78. The van der Waals surface area contributed by atoms with Crippen molar-refractivity contribution in [2.45, 2.75) is 31.7 Å². The van der Waals surface area contributed by atoms with E-state index in [9.17, 15) is 14.4 Å². The van der Waals surface area contributed by atoms with E-state index in [4.69, 9.17) is 4.42 Å². The number of nitrogens with one attached hydrogen (secondary N) is 2. The summed E-state index contributed by atoms with van der Waals surface area (Å²) in [6, 6.07) is 16.3. The van der Waals surface area contributed by atoms with Gasteiger partial charge in [0.1, 0.15) is 12.2 Å². The zero-order chi connectivity index (χ0) is 23.9. The lowest BCUT2D eigenvalue weighted by Gasteiger charge is -2.25. The van der Waals surface area contributed by atoms with Crippen LogP contribution in [0.2, 0.25) is 0 Å². The monoisotopic (exact) mass is 460 g/mol. The summed E-state index contributed by atoms with van der Waals surface area (Å²) in [5, 5.41) is 5.39. The molecule has 3 aromatic rings. The van der Waals surface area contributed by atoms with Crippen molar-refractivity contribution in [3.63, 3.8) is 0 Å². The fourth-order valence-corrected chi connectivity index (χ4v) is 4.03. The number of aromatic nitrogens is 1. The van der Waals surface area contributed by atoms with Crippen molar-refractivity contribution in [2.24, 2.45) is 0 Å². The molecule has 2 N–H and O–H groups in total. The van der Waals surface area contributed by atoms with E-state index in [1.54, 1.807) is 24.3 Å². The normalized spacial score (nSPS) is 14.3. The number of piperidine rings is 1. The van der Waals surface area contributed by atoms with Crippen LogP contribution in [0.1, 0.15) is 46.8 Å². The molecule has 0 spiro atoms. The van der Waals surface area contributed by atoms with Gasteiger partial charge in [-0.15, -0.1) is 0 Å². The number of hydrogen-bond donors (Lipinski definition) is 2. The van der Waals surface area contributed by atoms with Crippen LogP contribution in [-0.4, -0.2) is 47.7 Å². The van der Waals surface area contributed by atoms with Gasteiger partial charge in [-0.3, -0.25) is 14.4 Å². The quantitative estimate of drug-likeness (QED) is 0.527. The third-order valence-electron chi connectivity index (χ3n) is 5.94. The van der Waals surface area contributed by atoms with Gasteiger partial charge in [0.05, 0.1) is 0 Å². The second kappa shape index (κ2) is 10.8. The molecule has 34 heavy (non-hydrogen) atoms. The number of carbonyl (C=O) groups is 3. The predicted molar refractivity (Wildman–Crippen MR) is 127 cm³/mol. The molecule has 1 atom stereocenters. The highest BCUT2D eigenvalue weighted by atomic mass is 16.3. The molecule has 2 heterocycles. The lowest BCUT2D eigenvalue weighted by Crippen LogP contribution is -2.38. The van der Waals surface area contributed by atoms with Crippen molar-refractivity contribution in [3.8, 4) is 11.5 Å². The molecule has 0 radical (unpaired) electrons. The maximum absolute atomic E-state index is 12.8. The molecule has 3 amide bonds. The van der Waals surface area contributed by atoms with E-state index in [1.807, 2.05) is 35.2 Å². The van der Waals surface area contributed by atoms with Crippen molar-refractivity contribution in [3.05, 3.63) is 77.7 Å². The third kappa shape index (κ3) is 5.33. The summed E-state index contributed by atoms with van der Waals surface area (Å²) in [6.07, 6.45) is 4.59. The topological polar surface area (TPSA) is 105 Å². The second-order valence-electron chi connectivity index (χ2n) is 8.26. The summed E-state index contributed by atoms with van der Waals surface area (Å²) >= 11 is 0. The number of carbonyl (C=O) groups excluding carboxylic acids is 3. The SMILES string of the molecule is CNC(=O)C(C(=O)NCc1ccc(-c2nc(C(=O)N3CCCCC3)co2)cc1)c1ccccc1. The first-order valence-corrected chi connectivity index (χ1v) is 11.4. The highest BCUT2D eigenvalue weighted by molar-refractivity contribution is 6.05. The molecule has 1 fully saturated rings. The number of oxazole rings is 1. The van der Waals surface area contributed by atoms with E-state index in [0.29, 0.717) is 17.1 Å². The van der Waals surface area contributed by atoms with Gasteiger partial charge in [0.25, 0.3) is 5.91 Å². The Labute approximate surface area is 198 Å². The highest BCUT2D eigenvalue weighted by Gasteiger charge is 2.27. The Morgan fingerprint density at radius 3 is 2.35 bits per heavy atom. The molecule has 176 valence electrons. The molecular formula is C26H28N4O4.